The number of carbonyl (C=O) groups excluding carboxylic acids is 1. The fourth-order valence-corrected chi connectivity index (χ4v) is 4.61. The first kappa shape index (κ1) is 20.4. The summed E-state index contributed by atoms with van der Waals surface area (Å²) in [5.74, 6) is -0.0165. The van der Waals surface area contributed by atoms with Crippen LogP contribution in [0.3, 0.4) is 0 Å². The van der Waals surface area contributed by atoms with Gasteiger partial charge in [0, 0.05) is 45.0 Å². The van der Waals surface area contributed by atoms with E-state index in [-0.39, 0.29) is 10.8 Å². The Balaban J connectivity index is 1.60. The number of sulfonamides is 1. The lowest BCUT2D eigenvalue weighted by atomic mass is 10.0. The van der Waals surface area contributed by atoms with Crippen LogP contribution < -0.4 is 14.5 Å². The van der Waals surface area contributed by atoms with Gasteiger partial charge in [-0.3, -0.25) is 4.79 Å². The molecule has 0 spiro atoms. The van der Waals surface area contributed by atoms with E-state index in [0.717, 1.165) is 36.3 Å². The molecule has 0 bridgehead atoms. The molecule has 0 saturated heterocycles. The van der Waals surface area contributed by atoms with Crippen LogP contribution in [0.25, 0.3) is 0 Å². The van der Waals surface area contributed by atoms with Crippen LogP contribution in [0.2, 0.25) is 0 Å². The molecule has 1 N–H and O–H groups in total. The molecule has 6 nitrogen and oxygen atoms in total. The molecule has 0 saturated carbocycles. The number of hydrogen-bond acceptors (Lipinski definition) is 4. The number of anilines is 2. The highest BCUT2D eigenvalue weighted by Crippen LogP contribution is 2.29. The molecule has 1 heterocycles. The summed E-state index contributed by atoms with van der Waals surface area (Å²) in [6.07, 6.45) is 2.33. The molecule has 150 valence electrons. The fraction of sp³-hybridized carbons (Fsp3) is 0.381. The third-order valence-corrected chi connectivity index (χ3v) is 6.48. The minimum absolute atomic E-state index is 0.0165. The van der Waals surface area contributed by atoms with Crippen LogP contribution in [-0.2, 0) is 21.2 Å². The van der Waals surface area contributed by atoms with E-state index < -0.39 is 10.0 Å². The Morgan fingerprint density at radius 1 is 1.18 bits per heavy atom. The van der Waals surface area contributed by atoms with Crippen molar-refractivity contribution < 1.29 is 13.2 Å². The summed E-state index contributed by atoms with van der Waals surface area (Å²) in [7, 11) is -1.57. The number of amides is 1. The summed E-state index contributed by atoms with van der Waals surface area (Å²) in [5, 5.41) is 0. The molecular weight excluding hydrogens is 374 g/mol. The van der Waals surface area contributed by atoms with E-state index in [1.165, 1.54) is 6.92 Å². The van der Waals surface area contributed by atoms with Crippen LogP contribution in [0.1, 0.15) is 25.3 Å². The first-order valence-corrected chi connectivity index (χ1v) is 11.0. The molecule has 3 rings (SSSR count). The van der Waals surface area contributed by atoms with Crippen molar-refractivity contribution in [2.24, 2.45) is 0 Å². The molecule has 7 heteroatoms. The van der Waals surface area contributed by atoms with E-state index in [0.29, 0.717) is 19.5 Å². The Kier molecular flexibility index (Phi) is 6.36. The van der Waals surface area contributed by atoms with Gasteiger partial charge in [-0.2, -0.15) is 0 Å². The fourth-order valence-electron chi connectivity index (χ4n) is 3.49. The van der Waals surface area contributed by atoms with Gasteiger partial charge in [0.2, 0.25) is 15.9 Å². The van der Waals surface area contributed by atoms with Gasteiger partial charge >= 0.3 is 0 Å². The standard InChI is InChI=1S/C21H27N3O3S/c1-17(25)24-15-6-8-18-16-20(11-12-21(18)24)28(26,27)22-13-7-14-23(2)19-9-4-3-5-10-19/h3-5,9-12,16,22H,6-8,13-15H2,1-2H3. The zero-order valence-corrected chi connectivity index (χ0v) is 17.2. The Hall–Kier alpha value is -2.38. The van der Waals surface area contributed by atoms with E-state index in [4.69, 9.17) is 0 Å². The maximum absolute atomic E-state index is 12.6. The average Bonchev–Trinajstić information content (AvgIpc) is 2.70. The molecule has 0 radical (unpaired) electrons. The maximum Gasteiger partial charge on any atom is 0.240 e. The lowest BCUT2D eigenvalue weighted by molar-refractivity contribution is -0.116. The predicted octanol–water partition coefficient (Wildman–Crippen LogP) is 2.79. The first-order valence-electron chi connectivity index (χ1n) is 9.55. The number of carbonyl (C=O) groups is 1. The lowest BCUT2D eigenvalue weighted by Crippen LogP contribution is -2.34. The second-order valence-corrected chi connectivity index (χ2v) is 8.84. The number of rotatable bonds is 7. The molecule has 0 aromatic heterocycles. The number of aryl methyl sites for hydroxylation is 1. The van der Waals surface area contributed by atoms with Gasteiger partial charge in [0.05, 0.1) is 4.90 Å². The van der Waals surface area contributed by atoms with Gasteiger partial charge in [0.15, 0.2) is 0 Å². The Labute approximate surface area is 167 Å². The van der Waals surface area contributed by atoms with Gasteiger partial charge in [0.25, 0.3) is 0 Å². The molecule has 0 atom stereocenters. The van der Waals surface area contributed by atoms with Gasteiger partial charge in [-0.1, -0.05) is 18.2 Å². The minimum Gasteiger partial charge on any atom is -0.375 e. The second-order valence-electron chi connectivity index (χ2n) is 7.07. The average molecular weight is 402 g/mol. The van der Waals surface area contributed by atoms with Crippen LogP contribution >= 0.6 is 0 Å². The quantitative estimate of drug-likeness (QED) is 0.725. The summed E-state index contributed by atoms with van der Waals surface area (Å²) in [6.45, 7) is 3.34. The van der Waals surface area contributed by atoms with E-state index >= 15 is 0 Å². The topological polar surface area (TPSA) is 69.7 Å². The van der Waals surface area contributed by atoms with E-state index in [1.54, 1.807) is 23.1 Å². The molecule has 0 unspecified atom stereocenters. The van der Waals surface area contributed by atoms with Crippen LogP contribution in [0, 0.1) is 0 Å². The van der Waals surface area contributed by atoms with E-state index in [9.17, 15) is 13.2 Å². The third-order valence-electron chi connectivity index (χ3n) is 5.02. The number of benzene rings is 2. The molecule has 1 amide bonds. The summed E-state index contributed by atoms with van der Waals surface area (Å²) >= 11 is 0. The molecule has 0 fully saturated rings. The smallest absolute Gasteiger partial charge is 0.240 e. The van der Waals surface area contributed by atoms with Crippen molar-refractivity contribution in [3.05, 3.63) is 54.1 Å². The summed E-state index contributed by atoms with van der Waals surface area (Å²) < 4.78 is 28.0. The zero-order chi connectivity index (χ0) is 20.1. The van der Waals surface area contributed by atoms with Gasteiger partial charge in [-0.15, -0.1) is 0 Å². The molecule has 28 heavy (non-hydrogen) atoms. The monoisotopic (exact) mass is 401 g/mol. The zero-order valence-electron chi connectivity index (χ0n) is 16.4. The summed E-state index contributed by atoms with van der Waals surface area (Å²) in [4.78, 5) is 15.8. The SMILES string of the molecule is CC(=O)N1CCCc2cc(S(=O)(=O)NCCCN(C)c3ccccc3)ccc21. The highest BCUT2D eigenvalue weighted by atomic mass is 32.2. The molecular formula is C21H27N3O3S. The minimum atomic E-state index is -3.57. The van der Waals surface area contributed by atoms with Gasteiger partial charge in [0.1, 0.15) is 0 Å². The molecule has 1 aliphatic rings. The van der Waals surface area contributed by atoms with Crippen LogP contribution in [-0.4, -0.2) is 41.0 Å². The number of nitrogens with one attached hydrogen (secondary N) is 1. The second kappa shape index (κ2) is 8.75. The van der Waals surface area contributed by atoms with Crippen LogP contribution in [0.4, 0.5) is 11.4 Å². The van der Waals surface area contributed by atoms with E-state index in [1.807, 2.05) is 37.4 Å². The molecule has 0 aliphatic carbocycles. The van der Waals surface area contributed by atoms with Crippen molar-refractivity contribution in [3.8, 4) is 0 Å². The Morgan fingerprint density at radius 3 is 2.64 bits per heavy atom. The highest BCUT2D eigenvalue weighted by Gasteiger charge is 2.22. The number of fused-ring (bicyclic) bond motifs is 1. The summed E-state index contributed by atoms with van der Waals surface area (Å²) in [6, 6.07) is 15.0. The third kappa shape index (κ3) is 4.72. The van der Waals surface area contributed by atoms with Crippen molar-refractivity contribution in [2.75, 3.05) is 36.5 Å². The number of hydrogen-bond donors (Lipinski definition) is 1. The van der Waals surface area contributed by atoms with Crippen LogP contribution in [0.15, 0.2) is 53.4 Å². The number of nitrogens with zero attached hydrogens (tertiary/aromatic N) is 2. The highest BCUT2D eigenvalue weighted by molar-refractivity contribution is 7.89. The van der Waals surface area contributed by atoms with Crippen molar-refractivity contribution in [1.82, 2.24) is 4.72 Å². The molecule has 1 aliphatic heterocycles. The molecule has 2 aromatic rings. The Morgan fingerprint density at radius 2 is 1.93 bits per heavy atom. The maximum atomic E-state index is 12.6. The molecule has 2 aromatic carbocycles. The van der Waals surface area contributed by atoms with Crippen molar-refractivity contribution in [2.45, 2.75) is 31.1 Å². The van der Waals surface area contributed by atoms with Crippen molar-refractivity contribution in [1.29, 1.82) is 0 Å². The first-order chi connectivity index (χ1) is 13.4. The van der Waals surface area contributed by atoms with Crippen molar-refractivity contribution >= 4 is 27.3 Å². The number of para-hydroxylation sites is 1. The lowest BCUT2D eigenvalue weighted by Gasteiger charge is -2.28. The normalized spacial score (nSPS) is 13.9. The Bertz CT molecular complexity index is 929. The van der Waals surface area contributed by atoms with E-state index in [2.05, 4.69) is 9.62 Å². The largest absolute Gasteiger partial charge is 0.375 e. The van der Waals surface area contributed by atoms with Gasteiger partial charge < -0.3 is 9.80 Å². The predicted molar refractivity (Wildman–Crippen MR) is 112 cm³/mol. The summed E-state index contributed by atoms with van der Waals surface area (Å²) in [5.41, 5.74) is 2.84. The van der Waals surface area contributed by atoms with Gasteiger partial charge in [-0.05, 0) is 55.2 Å². The van der Waals surface area contributed by atoms with Gasteiger partial charge in [-0.25, -0.2) is 13.1 Å². The van der Waals surface area contributed by atoms with Crippen molar-refractivity contribution in [3.63, 3.8) is 0 Å². The van der Waals surface area contributed by atoms with Crippen LogP contribution in [0.5, 0.6) is 0 Å².